The van der Waals surface area contributed by atoms with Gasteiger partial charge in [-0.25, -0.2) is 14.4 Å². The van der Waals surface area contributed by atoms with Gasteiger partial charge in [-0.1, -0.05) is 35.9 Å². The number of halogens is 2. The van der Waals surface area contributed by atoms with Crippen molar-refractivity contribution in [2.24, 2.45) is 0 Å². The Bertz CT molecular complexity index is 724. The highest BCUT2D eigenvalue weighted by molar-refractivity contribution is 6.30. The van der Waals surface area contributed by atoms with E-state index >= 15 is 0 Å². The first kappa shape index (κ1) is 12.8. The molecule has 3 aromatic rings. The maximum absolute atomic E-state index is 13.6. The van der Waals surface area contributed by atoms with E-state index in [0.29, 0.717) is 16.4 Å². The minimum absolute atomic E-state index is 0.327. The highest BCUT2D eigenvalue weighted by Crippen LogP contribution is 2.23. The summed E-state index contributed by atoms with van der Waals surface area (Å²) in [5.41, 5.74) is 2.23. The molecule has 0 N–H and O–H groups in total. The van der Waals surface area contributed by atoms with Crippen LogP contribution in [0.2, 0.25) is 5.02 Å². The van der Waals surface area contributed by atoms with Crippen LogP contribution < -0.4 is 0 Å². The predicted octanol–water partition coefficient (Wildman–Crippen LogP) is 4.60. The van der Waals surface area contributed by atoms with Gasteiger partial charge in [-0.2, -0.15) is 0 Å². The number of rotatable bonds is 2. The van der Waals surface area contributed by atoms with Crippen LogP contribution in [0.1, 0.15) is 0 Å². The monoisotopic (exact) mass is 284 g/mol. The molecule has 0 aliphatic carbocycles. The maximum Gasteiger partial charge on any atom is 0.162 e. The summed E-state index contributed by atoms with van der Waals surface area (Å²) >= 11 is 5.85. The predicted molar refractivity (Wildman–Crippen MR) is 77.9 cm³/mol. The molecule has 0 amide bonds. The average molecular weight is 285 g/mol. The van der Waals surface area contributed by atoms with Gasteiger partial charge < -0.3 is 0 Å². The molecule has 0 saturated heterocycles. The molecule has 4 heteroatoms. The van der Waals surface area contributed by atoms with Crippen LogP contribution in [-0.2, 0) is 0 Å². The minimum atomic E-state index is -0.327. The van der Waals surface area contributed by atoms with Crippen molar-refractivity contribution in [1.29, 1.82) is 0 Å². The second-order valence-corrected chi connectivity index (χ2v) is 4.72. The van der Waals surface area contributed by atoms with Crippen LogP contribution in [0.4, 0.5) is 4.39 Å². The van der Waals surface area contributed by atoms with Crippen LogP contribution in [-0.4, -0.2) is 9.97 Å². The average Bonchev–Trinajstić information content (AvgIpc) is 2.49. The molecule has 1 aromatic heterocycles. The van der Waals surface area contributed by atoms with E-state index in [1.54, 1.807) is 30.6 Å². The van der Waals surface area contributed by atoms with Crippen molar-refractivity contribution in [3.8, 4) is 22.5 Å². The van der Waals surface area contributed by atoms with Crippen LogP contribution >= 0.6 is 11.6 Å². The summed E-state index contributed by atoms with van der Waals surface area (Å²) in [7, 11) is 0. The van der Waals surface area contributed by atoms with Gasteiger partial charge in [-0.05, 0) is 29.8 Å². The Morgan fingerprint density at radius 1 is 0.800 bits per heavy atom. The normalized spacial score (nSPS) is 10.5. The van der Waals surface area contributed by atoms with Crippen molar-refractivity contribution in [3.63, 3.8) is 0 Å². The van der Waals surface area contributed by atoms with Crippen LogP contribution in [0.25, 0.3) is 22.5 Å². The molecule has 0 bridgehead atoms. The Morgan fingerprint density at radius 2 is 1.45 bits per heavy atom. The van der Waals surface area contributed by atoms with E-state index in [-0.39, 0.29) is 5.82 Å². The molecule has 0 aliphatic rings. The quantitative estimate of drug-likeness (QED) is 0.687. The largest absolute Gasteiger partial charge is 0.236 e. The van der Waals surface area contributed by atoms with Crippen molar-refractivity contribution in [1.82, 2.24) is 9.97 Å². The second kappa shape index (κ2) is 5.39. The van der Waals surface area contributed by atoms with Gasteiger partial charge >= 0.3 is 0 Å². The molecule has 0 unspecified atom stereocenters. The third-order valence-corrected chi connectivity index (χ3v) is 3.20. The summed E-state index contributed by atoms with van der Waals surface area (Å²) in [5.74, 6) is 0.0487. The molecular formula is C16H10ClFN2. The molecule has 20 heavy (non-hydrogen) atoms. The van der Waals surface area contributed by atoms with E-state index in [4.69, 9.17) is 11.6 Å². The highest BCUT2D eigenvalue weighted by atomic mass is 35.5. The Kier molecular flexibility index (Phi) is 3.44. The molecule has 0 aliphatic heterocycles. The number of aromatic nitrogens is 2. The standard InChI is InChI=1S/C16H10ClFN2/c17-13-7-5-11(6-8-13)12-9-19-16(20-10-12)14-3-1-2-4-15(14)18/h1-10H. The third kappa shape index (κ3) is 2.53. The van der Waals surface area contributed by atoms with Gasteiger partial charge in [0, 0.05) is 23.0 Å². The number of hydrogen-bond acceptors (Lipinski definition) is 2. The minimum Gasteiger partial charge on any atom is -0.236 e. The van der Waals surface area contributed by atoms with E-state index < -0.39 is 0 Å². The second-order valence-electron chi connectivity index (χ2n) is 4.28. The zero-order valence-corrected chi connectivity index (χ0v) is 11.2. The van der Waals surface area contributed by atoms with Crippen molar-refractivity contribution >= 4 is 11.6 Å². The molecule has 2 aromatic carbocycles. The third-order valence-electron chi connectivity index (χ3n) is 2.94. The van der Waals surface area contributed by atoms with Crippen LogP contribution in [0.15, 0.2) is 60.9 Å². The van der Waals surface area contributed by atoms with Crippen molar-refractivity contribution in [3.05, 3.63) is 71.8 Å². The Morgan fingerprint density at radius 3 is 2.10 bits per heavy atom. The molecular weight excluding hydrogens is 275 g/mol. The first-order valence-electron chi connectivity index (χ1n) is 6.07. The van der Waals surface area contributed by atoms with Crippen molar-refractivity contribution in [2.45, 2.75) is 0 Å². The summed E-state index contributed by atoms with van der Waals surface area (Å²) in [5, 5.41) is 0.678. The molecule has 98 valence electrons. The van der Waals surface area contributed by atoms with Gasteiger partial charge in [0.15, 0.2) is 5.82 Å². The molecule has 0 atom stereocenters. The lowest BCUT2D eigenvalue weighted by Crippen LogP contribution is -1.92. The summed E-state index contributed by atoms with van der Waals surface area (Å²) in [4.78, 5) is 8.45. The molecule has 0 saturated carbocycles. The fourth-order valence-electron chi connectivity index (χ4n) is 1.90. The van der Waals surface area contributed by atoms with Crippen molar-refractivity contribution in [2.75, 3.05) is 0 Å². The van der Waals surface area contributed by atoms with Crippen molar-refractivity contribution < 1.29 is 4.39 Å². The van der Waals surface area contributed by atoms with Crippen LogP contribution in [0.3, 0.4) is 0 Å². The molecule has 0 spiro atoms. The van der Waals surface area contributed by atoms with E-state index in [0.717, 1.165) is 11.1 Å². The lowest BCUT2D eigenvalue weighted by atomic mass is 10.1. The summed E-state index contributed by atoms with van der Waals surface area (Å²) in [6.45, 7) is 0. The zero-order chi connectivity index (χ0) is 13.9. The van der Waals surface area contributed by atoms with E-state index in [1.807, 2.05) is 24.3 Å². The lowest BCUT2D eigenvalue weighted by Gasteiger charge is -2.04. The van der Waals surface area contributed by atoms with E-state index in [2.05, 4.69) is 9.97 Å². The van der Waals surface area contributed by atoms with E-state index in [1.165, 1.54) is 6.07 Å². The first-order valence-corrected chi connectivity index (χ1v) is 6.45. The lowest BCUT2D eigenvalue weighted by molar-refractivity contribution is 0.630. The topological polar surface area (TPSA) is 25.8 Å². The van der Waals surface area contributed by atoms with Gasteiger partial charge in [0.25, 0.3) is 0 Å². The summed E-state index contributed by atoms with van der Waals surface area (Å²) in [6.07, 6.45) is 3.36. The Balaban J connectivity index is 1.96. The summed E-state index contributed by atoms with van der Waals surface area (Å²) < 4.78 is 13.6. The fourth-order valence-corrected chi connectivity index (χ4v) is 2.03. The number of hydrogen-bond donors (Lipinski definition) is 0. The smallest absolute Gasteiger partial charge is 0.162 e. The van der Waals surface area contributed by atoms with Gasteiger partial charge in [0.1, 0.15) is 5.82 Å². The first-order chi connectivity index (χ1) is 9.74. The van der Waals surface area contributed by atoms with E-state index in [9.17, 15) is 4.39 Å². The van der Waals surface area contributed by atoms with Crippen LogP contribution in [0, 0.1) is 5.82 Å². The Labute approximate surface area is 120 Å². The summed E-state index contributed by atoms with van der Waals surface area (Å²) in [6, 6.07) is 13.9. The molecule has 0 radical (unpaired) electrons. The van der Waals surface area contributed by atoms with Gasteiger partial charge in [0.05, 0.1) is 5.56 Å². The molecule has 2 nitrogen and oxygen atoms in total. The van der Waals surface area contributed by atoms with Gasteiger partial charge in [-0.15, -0.1) is 0 Å². The molecule has 1 heterocycles. The SMILES string of the molecule is Fc1ccccc1-c1ncc(-c2ccc(Cl)cc2)cn1. The van der Waals surface area contributed by atoms with Gasteiger partial charge in [-0.3, -0.25) is 0 Å². The molecule has 3 rings (SSSR count). The number of nitrogens with zero attached hydrogens (tertiary/aromatic N) is 2. The van der Waals surface area contributed by atoms with Gasteiger partial charge in [0.2, 0.25) is 0 Å². The Hall–Kier alpha value is -2.26. The number of benzene rings is 2. The fraction of sp³-hybridized carbons (Fsp3) is 0. The maximum atomic E-state index is 13.6. The molecule has 0 fully saturated rings. The van der Waals surface area contributed by atoms with Crippen LogP contribution in [0.5, 0.6) is 0 Å². The zero-order valence-electron chi connectivity index (χ0n) is 10.4. The highest BCUT2D eigenvalue weighted by Gasteiger charge is 2.07.